The summed E-state index contributed by atoms with van der Waals surface area (Å²) in [6.45, 7) is 13.5. The quantitative estimate of drug-likeness (QED) is 0.712. The number of rotatable bonds is 5. The molecule has 0 aromatic rings. The van der Waals surface area contributed by atoms with Crippen LogP contribution < -0.4 is 0 Å². The lowest BCUT2D eigenvalue weighted by Crippen LogP contribution is -2.51. The molecule has 3 nitrogen and oxygen atoms in total. The predicted octanol–water partition coefficient (Wildman–Crippen LogP) is 1.91. The van der Waals surface area contributed by atoms with Gasteiger partial charge in [-0.05, 0) is 33.6 Å². The summed E-state index contributed by atoms with van der Waals surface area (Å²) in [6.07, 6.45) is 0. The normalized spacial score (nSPS) is 14.2. The van der Waals surface area contributed by atoms with Crippen molar-refractivity contribution in [1.82, 2.24) is 0 Å². The van der Waals surface area contributed by atoms with Gasteiger partial charge in [-0.25, -0.2) is 0 Å². The Morgan fingerprint density at radius 3 is 1.80 bits per heavy atom. The second-order valence-corrected chi connectivity index (χ2v) is 11.9. The Balaban J connectivity index is 4.36. The van der Waals surface area contributed by atoms with Crippen LogP contribution in [0.1, 0.15) is 27.7 Å². The summed E-state index contributed by atoms with van der Waals surface area (Å²) in [5.74, 6) is 0.687. The zero-order chi connectivity index (χ0) is 12.5. The second-order valence-electron chi connectivity index (χ2n) is 6.41. The lowest BCUT2D eigenvalue weighted by molar-refractivity contribution is -0.0995. The molecule has 0 aromatic heterocycles. The largest absolute Gasteiger partial charge is 0.451 e. The van der Waals surface area contributed by atoms with Gasteiger partial charge in [-0.15, -0.1) is 0 Å². The van der Waals surface area contributed by atoms with Gasteiger partial charge in [-0.3, -0.25) is 0 Å². The SMILES string of the molecule is CC(C)(O)C(C)(C)OB(O)C[Si](C)(C)C. The van der Waals surface area contributed by atoms with E-state index in [1.165, 1.54) is 0 Å². The molecule has 5 heteroatoms. The fourth-order valence-electron chi connectivity index (χ4n) is 1.05. The van der Waals surface area contributed by atoms with Crippen molar-refractivity contribution in [3.8, 4) is 0 Å². The molecule has 0 bridgehead atoms. The minimum atomic E-state index is -1.34. The first-order chi connectivity index (χ1) is 6.35. The van der Waals surface area contributed by atoms with Crippen LogP contribution in [0.25, 0.3) is 0 Å². The van der Waals surface area contributed by atoms with Gasteiger partial charge in [0.2, 0.25) is 0 Å². The van der Waals surface area contributed by atoms with E-state index in [2.05, 4.69) is 19.6 Å². The molecular formula is C10H25BO3Si. The molecule has 15 heavy (non-hydrogen) atoms. The van der Waals surface area contributed by atoms with Crippen LogP contribution in [0, 0.1) is 0 Å². The molecule has 90 valence electrons. The minimum Gasteiger partial charge on any atom is -0.427 e. The monoisotopic (exact) mass is 232 g/mol. The number of aliphatic hydroxyl groups is 1. The Morgan fingerprint density at radius 1 is 1.13 bits per heavy atom. The van der Waals surface area contributed by atoms with Crippen molar-refractivity contribution in [2.75, 3.05) is 0 Å². The van der Waals surface area contributed by atoms with Crippen LogP contribution in [0.3, 0.4) is 0 Å². The maximum absolute atomic E-state index is 9.87. The van der Waals surface area contributed by atoms with E-state index < -0.39 is 26.4 Å². The molecule has 0 aliphatic carbocycles. The summed E-state index contributed by atoms with van der Waals surface area (Å²) in [7, 11) is -2.12. The smallest absolute Gasteiger partial charge is 0.427 e. The van der Waals surface area contributed by atoms with Crippen LogP contribution in [-0.2, 0) is 4.65 Å². The number of hydrogen-bond donors (Lipinski definition) is 2. The van der Waals surface area contributed by atoms with Crippen molar-refractivity contribution in [2.45, 2.75) is 64.5 Å². The molecular weight excluding hydrogens is 207 g/mol. The second kappa shape index (κ2) is 4.57. The molecule has 0 amide bonds. The summed E-state index contributed by atoms with van der Waals surface area (Å²) in [5.41, 5.74) is -1.71. The van der Waals surface area contributed by atoms with Crippen LogP contribution in [-0.4, -0.2) is 36.5 Å². The van der Waals surface area contributed by atoms with Gasteiger partial charge >= 0.3 is 7.12 Å². The van der Waals surface area contributed by atoms with Gasteiger partial charge in [0.15, 0.2) is 0 Å². The molecule has 0 heterocycles. The summed E-state index contributed by atoms with van der Waals surface area (Å²) in [4.78, 5) is 0. The first-order valence-electron chi connectivity index (χ1n) is 5.43. The molecule has 2 N–H and O–H groups in total. The Kier molecular flexibility index (Phi) is 4.62. The average molecular weight is 232 g/mol. The van der Waals surface area contributed by atoms with Crippen molar-refractivity contribution in [3.05, 3.63) is 0 Å². The molecule has 0 spiro atoms. The van der Waals surface area contributed by atoms with Crippen molar-refractivity contribution in [3.63, 3.8) is 0 Å². The van der Waals surface area contributed by atoms with E-state index >= 15 is 0 Å². The van der Waals surface area contributed by atoms with Gasteiger partial charge in [0, 0.05) is 8.07 Å². The third kappa shape index (κ3) is 5.70. The highest BCUT2D eigenvalue weighted by atomic mass is 28.3. The molecule has 0 aliphatic rings. The fraction of sp³-hybridized carbons (Fsp3) is 1.00. The third-order valence-corrected chi connectivity index (χ3v) is 4.27. The van der Waals surface area contributed by atoms with Crippen LogP contribution in [0.15, 0.2) is 0 Å². The maximum Gasteiger partial charge on any atom is 0.451 e. The predicted molar refractivity (Wildman–Crippen MR) is 67.6 cm³/mol. The Hall–Kier alpha value is 0.162. The first-order valence-corrected chi connectivity index (χ1v) is 9.14. The molecule has 0 aromatic carbocycles. The average Bonchev–Trinajstić information content (AvgIpc) is 1.75. The topological polar surface area (TPSA) is 49.7 Å². The summed E-state index contributed by atoms with van der Waals surface area (Å²) >= 11 is 0. The lowest BCUT2D eigenvalue weighted by Gasteiger charge is -2.39. The van der Waals surface area contributed by atoms with Crippen LogP contribution in [0.2, 0.25) is 25.6 Å². The molecule has 0 fully saturated rings. The Labute approximate surface area is 95.0 Å². The Bertz CT molecular complexity index is 206. The van der Waals surface area contributed by atoms with E-state index in [9.17, 15) is 10.1 Å². The molecule has 0 rings (SSSR count). The summed E-state index contributed by atoms with van der Waals surface area (Å²) in [6, 6.07) is 0. The van der Waals surface area contributed by atoms with Crippen molar-refractivity contribution in [2.24, 2.45) is 0 Å². The van der Waals surface area contributed by atoms with E-state index in [0.717, 1.165) is 0 Å². The van der Waals surface area contributed by atoms with Gasteiger partial charge < -0.3 is 14.8 Å². The van der Waals surface area contributed by atoms with Gasteiger partial charge in [-0.2, -0.15) is 0 Å². The molecule has 0 radical (unpaired) electrons. The van der Waals surface area contributed by atoms with Crippen molar-refractivity contribution < 1.29 is 14.8 Å². The van der Waals surface area contributed by atoms with E-state index in [-0.39, 0.29) is 0 Å². The van der Waals surface area contributed by atoms with E-state index in [1.54, 1.807) is 27.7 Å². The lowest BCUT2D eigenvalue weighted by atomic mass is 9.85. The van der Waals surface area contributed by atoms with Gasteiger partial charge in [0.1, 0.15) is 0 Å². The first kappa shape index (κ1) is 15.2. The summed E-state index contributed by atoms with van der Waals surface area (Å²) in [5, 5.41) is 19.7. The maximum atomic E-state index is 9.87. The zero-order valence-corrected chi connectivity index (χ0v) is 12.1. The van der Waals surface area contributed by atoms with Crippen LogP contribution >= 0.6 is 0 Å². The fourth-order valence-corrected chi connectivity index (χ4v) is 2.18. The summed E-state index contributed by atoms with van der Waals surface area (Å²) < 4.78 is 5.52. The molecule has 0 saturated carbocycles. The van der Waals surface area contributed by atoms with Gasteiger partial charge in [0.05, 0.1) is 11.2 Å². The minimum absolute atomic E-state index is 0.687. The van der Waals surface area contributed by atoms with Crippen LogP contribution in [0.4, 0.5) is 0 Å². The van der Waals surface area contributed by atoms with E-state index in [4.69, 9.17) is 4.65 Å². The standard InChI is InChI=1S/C10H25BO3Si/c1-9(2,12)10(3,4)14-11(13)8-15(5,6)7/h12-13H,8H2,1-7H3. The van der Waals surface area contributed by atoms with Gasteiger partial charge in [-0.1, -0.05) is 19.6 Å². The highest BCUT2D eigenvalue weighted by Gasteiger charge is 2.39. The zero-order valence-electron chi connectivity index (χ0n) is 11.1. The van der Waals surface area contributed by atoms with Crippen LogP contribution in [0.5, 0.6) is 0 Å². The van der Waals surface area contributed by atoms with Crippen molar-refractivity contribution in [1.29, 1.82) is 0 Å². The molecule has 0 aliphatic heterocycles. The molecule has 0 unspecified atom stereocenters. The van der Waals surface area contributed by atoms with E-state index in [1.807, 2.05) is 0 Å². The highest BCUT2D eigenvalue weighted by Crippen LogP contribution is 2.26. The molecule has 0 saturated heterocycles. The third-order valence-electron chi connectivity index (χ3n) is 2.69. The van der Waals surface area contributed by atoms with Gasteiger partial charge in [0.25, 0.3) is 0 Å². The van der Waals surface area contributed by atoms with E-state index in [0.29, 0.717) is 5.94 Å². The molecule has 0 atom stereocenters. The highest BCUT2D eigenvalue weighted by molar-refractivity contribution is 6.84. The Morgan fingerprint density at radius 2 is 1.53 bits per heavy atom. The van der Waals surface area contributed by atoms with Crippen molar-refractivity contribution >= 4 is 15.2 Å². The number of hydrogen-bond acceptors (Lipinski definition) is 3.